The van der Waals surface area contributed by atoms with Crippen molar-refractivity contribution in [3.63, 3.8) is 0 Å². The summed E-state index contributed by atoms with van der Waals surface area (Å²) in [4.78, 5) is 18.0. The molecule has 7 heteroatoms. The van der Waals surface area contributed by atoms with E-state index in [2.05, 4.69) is 56.1 Å². The van der Waals surface area contributed by atoms with Gasteiger partial charge in [0, 0.05) is 30.9 Å². The summed E-state index contributed by atoms with van der Waals surface area (Å²) < 4.78 is 6.58. The van der Waals surface area contributed by atoms with E-state index in [9.17, 15) is 9.90 Å². The van der Waals surface area contributed by atoms with E-state index in [1.807, 2.05) is 45.9 Å². The molecule has 2 amide bonds. The molecule has 0 aromatic heterocycles. The average Bonchev–Trinajstić information content (AvgIpc) is 2.94. The highest BCUT2D eigenvalue weighted by atomic mass is 35.5. The molecule has 0 saturated carbocycles. The summed E-state index contributed by atoms with van der Waals surface area (Å²) in [5.41, 5.74) is 6.93. The predicted octanol–water partition coefficient (Wildman–Crippen LogP) is 9.30. The molecule has 3 aromatic rings. The van der Waals surface area contributed by atoms with Crippen molar-refractivity contribution in [1.82, 2.24) is 5.32 Å². The zero-order chi connectivity index (χ0) is 30.3. The van der Waals surface area contributed by atoms with E-state index >= 15 is 0 Å². The first-order valence-electron chi connectivity index (χ1n) is 14.8. The molecule has 1 unspecified atom stereocenters. The summed E-state index contributed by atoms with van der Waals surface area (Å²) in [7, 11) is 0. The molecule has 2 N–H and O–H groups in total. The number of phenolic OH excluding ortho intramolecular Hbond substituents is 1. The highest BCUT2D eigenvalue weighted by molar-refractivity contribution is 6.33. The van der Waals surface area contributed by atoms with Gasteiger partial charge in [0.1, 0.15) is 17.6 Å². The molecule has 0 heterocycles. The van der Waals surface area contributed by atoms with E-state index in [-0.39, 0.29) is 16.8 Å². The van der Waals surface area contributed by atoms with Crippen LogP contribution in [0, 0.1) is 27.7 Å². The normalized spacial score (nSPS) is 11.7. The minimum Gasteiger partial charge on any atom is -0.506 e. The third-order valence-electron chi connectivity index (χ3n) is 7.58. The first-order chi connectivity index (χ1) is 19.6. The van der Waals surface area contributed by atoms with Gasteiger partial charge in [-0.05, 0) is 101 Å². The lowest BCUT2D eigenvalue weighted by atomic mass is 9.98. The zero-order valence-corrected chi connectivity index (χ0v) is 26.7. The highest BCUT2D eigenvalue weighted by Crippen LogP contribution is 2.45. The number of hydrogen-bond donors (Lipinski definition) is 2. The fraction of sp³-hybridized carbons (Fsp3) is 0.441. The van der Waals surface area contributed by atoms with Gasteiger partial charge >= 0.3 is 6.03 Å². The van der Waals surface area contributed by atoms with E-state index in [0.29, 0.717) is 29.8 Å². The van der Waals surface area contributed by atoms with Crippen LogP contribution < -0.4 is 19.9 Å². The maximum atomic E-state index is 14.0. The quantitative estimate of drug-likeness (QED) is 0.210. The van der Waals surface area contributed by atoms with Crippen LogP contribution in [0.5, 0.6) is 11.5 Å². The number of unbranched alkanes of at least 4 members (excludes halogenated alkanes) is 1. The molecule has 0 radical (unpaired) electrons. The Balaban J connectivity index is 2.25. The second kappa shape index (κ2) is 14.5. The summed E-state index contributed by atoms with van der Waals surface area (Å²) in [5.74, 6) is 0.727. The lowest BCUT2D eigenvalue weighted by molar-refractivity contribution is 0.200. The standard InChI is InChI=1S/C34H46ClN3O3/c1-9-13-18-36-34(40)38(28-16-15-26(20-23(28)6)37(11-3)12-4)33-25(8)32(35)29(39)21-27(33)30(10-2)41-31-17-14-22(5)19-24(31)7/h14-17,19-21,30,39H,9-13,18H2,1-8H3,(H,36,40). The van der Waals surface area contributed by atoms with Crippen LogP contribution in [0.15, 0.2) is 42.5 Å². The molecular weight excluding hydrogens is 534 g/mol. The number of ether oxygens (including phenoxy) is 1. The van der Waals surface area contributed by atoms with Crippen molar-refractivity contribution in [1.29, 1.82) is 0 Å². The number of halogens is 1. The topological polar surface area (TPSA) is 65.0 Å². The fourth-order valence-corrected chi connectivity index (χ4v) is 5.39. The molecule has 6 nitrogen and oxygen atoms in total. The molecule has 0 bridgehead atoms. The lowest BCUT2D eigenvalue weighted by Gasteiger charge is -2.32. The Morgan fingerprint density at radius 3 is 2.27 bits per heavy atom. The molecule has 3 rings (SSSR count). The number of aromatic hydroxyl groups is 1. The van der Waals surface area contributed by atoms with Crippen LogP contribution in [0.4, 0.5) is 21.9 Å². The van der Waals surface area contributed by atoms with Gasteiger partial charge in [-0.15, -0.1) is 0 Å². The molecule has 0 aliphatic heterocycles. The Labute approximate surface area is 251 Å². The van der Waals surface area contributed by atoms with Crippen LogP contribution in [0.3, 0.4) is 0 Å². The number of aryl methyl sites for hydroxylation is 3. The first kappa shape index (κ1) is 32.1. The molecule has 41 heavy (non-hydrogen) atoms. The number of carbonyl (C=O) groups is 1. The lowest BCUT2D eigenvalue weighted by Crippen LogP contribution is -2.39. The minimum absolute atomic E-state index is 0.0365. The number of carbonyl (C=O) groups excluding carboxylic acids is 1. The van der Waals surface area contributed by atoms with E-state index < -0.39 is 6.10 Å². The number of nitrogens with one attached hydrogen (secondary N) is 1. The number of benzene rings is 3. The number of rotatable bonds is 12. The summed E-state index contributed by atoms with van der Waals surface area (Å²) >= 11 is 6.66. The van der Waals surface area contributed by atoms with Gasteiger partial charge in [0.25, 0.3) is 0 Å². The van der Waals surface area contributed by atoms with Gasteiger partial charge in [0.05, 0.1) is 16.4 Å². The largest absolute Gasteiger partial charge is 0.506 e. The van der Waals surface area contributed by atoms with Crippen molar-refractivity contribution in [2.24, 2.45) is 0 Å². The maximum absolute atomic E-state index is 14.0. The second-order valence-corrected chi connectivity index (χ2v) is 11.0. The van der Waals surface area contributed by atoms with E-state index in [0.717, 1.165) is 59.7 Å². The fourth-order valence-electron chi connectivity index (χ4n) is 5.24. The van der Waals surface area contributed by atoms with Crippen LogP contribution in [0.1, 0.15) is 80.9 Å². The van der Waals surface area contributed by atoms with Crippen LogP contribution in [-0.4, -0.2) is 30.8 Å². The van der Waals surface area contributed by atoms with Gasteiger partial charge in [-0.1, -0.05) is 49.6 Å². The van der Waals surface area contributed by atoms with Crippen molar-refractivity contribution in [2.45, 2.75) is 80.8 Å². The Bertz CT molecular complexity index is 1350. The second-order valence-electron chi connectivity index (χ2n) is 10.6. The first-order valence-corrected chi connectivity index (χ1v) is 15.1. The summed E-state index contributed by atoms with van der Waals surface area (Å²) in [6, 6.07) is 13.7. The van der Waals surface area contributed by atoms with Crippen LogP contribution >= 0.6 is 11.6 Å². The van der Waals surface area contributed by atoms with Crippen LogP contribution in [0.25, 0.3) is 0 Å². The van der Waals surface area contributed by atoms with Crippen molar-refractivity contribution < 1.29 is 14.6 Å². The molecule has 3 aromatic carbocycles. The van der Waals surface area contributed by atoms with Gasteiger partial charge in [0.15, 0.2) is 0 Å². The highest BCUT2D eigenvalue weighted by Gasteiger charge is 2.30. The molecule has 222 valence electrons. The third-order valence-corrected chi connectivity index (χ3v) is 8.05. The molecule has 0 saturated heterocycles. The third kappa shape index (κ3) is 7.28. The number of hydrogen-bond acceptors (Lipinski definition) is 4. The maximum Gasteiger partial charge on any atom is 0.326 e. The Morgan fingerprint density at radius 2 is 1.68 bits per heavy atom. The zero-order valence-electron chi connectivity index (χ0n) is 25.9. The SMILES string of the molecule is CCCCNC(=O)N(c1ccc(N(CC)CC)cc1C)c1c(C(CC)Oc2ccc(C)cc2C)cc(O)c(Cl)c1C. The van der Waals surface area contributed by atoms with Gasteiger partial charge in [-0.25, -0.2) is 4.79 Å². The Kier molecular flexibility index (Phi) is 11.4. The molecular formula is C34H46ClN3O3. The van der Waals surface area contributed by atoms with E-state index in [1.54, 1.807) is 11.0 Å². The molecule has 0 aliphatic carbocycles. The van der Waals surface area contributed by atoms with E-state index in [1.165, 1.54) is 0 Å². The summed E-state index contributed by atoms with van der Waals surface area (Å²) in [6.45, 7) is 18.7. The van der Waals surface area contributed by atoms with Gasteiger partial charge < -0.3 is 20.1 Å². The summed E-state index contributed by atoms with van der Waals surface area (Å²) in [6.07, 6.45) is 2.02. The minimum atomic E-state index is -0.436. The van der Waals surface area contributed by atoms with Crippen molar-refractivity contribution in [2.75, 3.05) is 29.4 Å². The van der Waals surface area contributed by atoms with E-state index in [4.69, 9.17) is 16.3 Å². The molecule has 0 spiro atoms. The number of anilines is 3. The van der Waals surface area contributed by atoms with Crippen LogP contribution in [0.2, 0.25) is 5.02 Å². The molecule has 0 aliphatic rings. The average molecular weight is 580 g/mol. The number of amides is 2. The number of phenols is 1. The number of nitrogens with zero attached hydrogens (tertiary/aromatic N) is 2. The van der Waals surface area contributed by atoms with Gasteiger partial charge in [0.2, 0.25) is 0 Å². The smallest absolute Gasteiger partial charge is 0.326 e. The van der Waals surface area contributed by atoms with Gasteiger partial charge in [-0.2, -0.15) is 0 Å². The van der Waals surface area contributed by atoms with Gasteiger partial charge in [-0.3, -0.25) is 4.90 Å². The number of urea groups is 1. The summed E-state index contributed by atoms with van der Waals surface area (Å²) in [5, 5.41) is 14.2. The monoisotopic (exact) mass is 579 g/mol. The van der Waals surface area contributed by atoms with Crippen molar-refractivity contribution >= 4 is 34.7 Å². The predicted molar refractivity (Wildman–Crippen MR) is 173 cm³/mol. The van der Waals surface area contributed by atoms with Crippen LogP contribution in [-0.2, 0) is 0 Å². The molecule has 0 fully saturated rings. The molecule has 1 atom stereocenters. The van der Waals surface area contributed by atoms with Crippen molar-refractivity contribution in [3.05, 3.63) is 75.3 Å². The Hall–Kier alpha value is -3.38. The van der Waals surface area contributed by atoms with Crippen molar-refractivity contribution in [3.8, 4) is 11.5 Å². The Morgan fingerprint density at radius 1 is 0.976 bits per heavy atom.